The Morgan fingerprint density at radius 3 is 2.16 bits per heavy atom. The molecule has 1 aliphatic carbocycles. The maximum absolute atomic E-state index is 5.17. The molecule has 0 aliphatic heterocycles. The highest BCUT2D eigenvalue weighted by Crippen LogP contribution is 2.51. The molecule has 0 saturated heterocycles. The molecule has 6 aromatic carbocycles. The van der Waals surface area contributed by atoms with Crippen LogP contribution in [0.4, 0.5) is 0 Å². The summed E-state index contributed by atoms with van der Waals surface area (Å²) in [5.41, 5.74) is 13.5. The molecule has 2 bridgehead atoms. The summed E-state index contributed by atoms with van der Waals surface area (Å²) in [7, 11) is 0. The van der Waals surface area contributed by atoms with Crippen molar-refractivity contribution in [1.82, 2.24) is 14.5 Å². The molecule has 2 atom stereocenters. The number of nitrogens with zero attached hydrogens (tertiary/aromatic N) is 3. The maximum atomic E-state index is 5.17. The number of hydrogen-bond donors (Lipinski definition) is 0. The molecule has 2 heterocycles. The molecule has 1 aliphatic rings. The highest BCUT2D eigenvalue weighted by Gasteiger charge is 2.30. The summed E-state index contributed by atoms with van der Waals surface area (Å²) in [6.07, 6.45) is 0. The molecule has 3 nitrogen and oxygen atoms in total. The van der Waals surface area contributed by atoms with E-state index in [0.29, 0.717) is 17.8 Å². The van der Waals surface area contributed by atoms with E-state index >= 15 is 0 Å². The molecule has 2 unspecified atom stereocenters. The summed E-state index contributed by atoms with van der Waals surface area (Å²) in [6.45, 7) is 9.23. The fourth-order valence-corrected chi connectivity index (χ4v) is 8.04. The Hall–Kier alpha value is -5.28. The minimum atomic E-state index is 0.302. The lowest BCUT2D eigenvalue weighted by atomic mass is 9.78. The Labute approximate surface area is 262 Å². The van der Waals surface area contributed by atoms with Gasteiger partial charge in [0.2, 0.25) is 5.95 Å². The van der Waals surface area contributed by atoms with Crippen LogP contribution in [0.3, 0.4) is 0 Å². The minimum Gasteiger partial charge on any atom is -0.278 e. The Balaban J connectivity index is 1.52. The average molecular weight is 580 g/mol. The van der Waals surface area contributed by atoms with Crippen molar-refractivity contribution in [2.24, 2.45) is 0 Å². The van der Waals surface area contributed by atoms with Gasteiger partial charge in [-0.3, -0.25) is 4.57 Å². The zero-order valence-corrected chi connectivity index (χ0v) is 26.0. The van der Waals surface area contributed by atoms with E-state index in [2.05, 4.69) is 148 Å². The molecular formula is C42H33N3. The van der Waals surface area contributed by atoms with E-state index in [1.807, 2.05) is 0 Å². The van der Waals surface area contributed by atoms with Crippen molar-refractivity contribution in [2.75, 3.05) is 0 Å². The third-order valence-corrected chi connectivity index (χ3v) is 10.4. The molecule has 0 spiro atoms. The molecule has 45 heavy (non-hydrogen) atoms. The lowest BCUT2D eigenvalue weighted by Gasteiger charge is -2.26. The second-order valence-corrected chi connectivity index (χ2v) is 12.7. The van der Waals surface area contributed by atoms with Crippen molar-refractivity contribution in [2.45, 2.75) is 39.5 Å². The number of hydrogen-bond acceptors (Lipinski definition) is 2. The number of aromatic nitrogens is 3. The molecule has 0 N–H and O–H groups in total. The van der Waals surface area contributed by atoms with Crippen molar-refractivity contribution in [3.8, 4) is 28.2 Å². The number of para-hydroxylation sites is 2. The first-order valence-electron chi connectivity index (χ1n) is 15.9. The van der Waals surface area contributed by atoms with Gasteiger partial charge in [-0.05, 0) is 93.6 Å². The Bertz CT molecular complexity index is 2500. The van der Waals surface area contributed by atoms with Gasteiger partial charge in [0.15, 0.2) is 0 Å². The zero-order chi connectivity index (χ0) is 30.4. The molecule has 0 saturated carbocycles. The average Bonchev–Trinajstić information content (AvgIpc) is 3.41. The fraction of sp³-hybridized carbons (Fsp3) is 0.143. The number of rotatable bonds is 1. The largest absolute Gasteiger partial charge is 0.278 e. The topological polar surface area (TPSA) is 30.7 Å². The van der Waals surface area contributed by atoms with Crippen molar-refractivity contribution in [1.29, 1.82) is 0 Å². The second-order valence-electron chi connectivity index (χ2n) is 12.7. The van der Waals surface area contributed by atoms with Crippen LogP contribution in [0.25, 0.3) is 71.7 Å². The van der Waals surface area contributed by atoms with E-state index in [-0.39, 0.29) is 0 Å². The SMILES string of the molecule is Cc1c2cc3c(c1-c1ccc4ccccc4c1C(C)C(C)c1ccccc1-2)c1ccccc1n3-c1nc(C)c2ccccc2n1. The monoisotopic (exact) mass is 579 g/mol. The quantitative estimate of drug-likeness (QED) is 0.194. The van der Waals surface area contributed by atoms with Gasteiger partial charge in [0.1, 0.15) is 0 Å². The van der Waals surface area contributed by atoms with Gasteiger partial charge < -0.3 is 0 Å². The van der Waals surface area contributed by atoms with Gasteiger partial charge in [-0.2, -0.15) is 0 Å². The molecule has 0 radical (unpaired) electrons. The first kappa shape index (κ1) is 26.2. The molecule has 3 heteroatoms. The summed E-state index contributed by atoms with van der Waals surface area (Å²) < 4.78 is 2.30. The van der Waals surface area contributed by atoms with Gasteiger partial charge in [-0.25, -0.2) is 9.97 Å². The number of fused-ring (bicyclic) bond motifs is 13. The van der Waals surface area contributed by atoms with Crippen LogP contribution in [-0.2, 0) is 0 Å². The predicted octanol–water partition coefficient (Wildman–Crippen LogP) is 11.1. The van der Waals surface area contributed by atoms with Gasteiger partial charge >= 0.3 is 0 Å². The lowest BCUT2D eigenvalue weighted by Crippen LogP contribution is -2.07. The Morgan fingerprint density at radius 1 is 0.578 bits per heavy atom. The van der Waals surface area contributed by atoms with E-state index in [1.165, 1.54) is 60.5 Å². The van der Waals surface area contributed by atoms with Crippen LogP contribution >= 0.6 is 0 Å². The highest BCUT2D eigenvalue weighted by molar-refractivity contribution is 6.19. The van der Waals surface area contributed by atoms with Gasteiger partial charge in [-0.1, -0.05) is 111 Å². The van der Waals surface area contributed by atoms with Gasteiger partial charge in [0.05, 0.1) is 22.2 Å². The maximum Gasteiger partial charge on any atom is 0.235 e. The van der Waals surface area contributed by atoms with Crippen LogP contribution in [0.2, 0.25) is 0 Å². The lowest BCUT2D eigenvalue weighted by molar-refractivity contribution is 0.630. The summed E-state index contributed by atoms with van der Waals surface area (Å²) >= 11 is 0. The third-order valence-electron chi connectivity index (χ3n) is 10.4. The third kappa shape index (κ3) is 3.64. The van der Waals surface area contributed by atoms with Gasteiger partial charge in [-0.15, -0.1) is 0 Å². The van der Waals surface area contributed by atoms with E-state index in [0.717, 1.165) is 27.6 Å². The Morgan fingerprint density at radius 2 is 1.29 bits per heavy atom. The van der Waals surface area contributed by atoms with Crippen molar-refractivity contribution in [3.05, 3.63) is 138 Å². The van der Waals surface area contributed by atoms with Gasteiger partial charge in [0.25, 0.3) is 0 Å². The summed E-state index contributed by atoms with van der Waals surface area (Å²) in [4.78, 5) is 10.3. The van der Waals surface area contributed by atoms with Crippen LogP contribution in [0, 0.1) is 13.8 Å². The summed E-state index contributed by atoms with van der Waals surface area (Å²) in [6, 6.07) is 42.1. The molecule has 2 aromatic heterocycles. The standard InChI is InChI=1S/C42H33N3/c1-24-25(2)39-31-16-6-5-13-28(31)21-22-34(39)40-26(3)35(32-17-8-7-14-29(24)32)23-38-41(40)33-18-10-12-20-37(33)45(38)42-43-27(4)30-15-9-11-19-36(30)44-42/h5-25H,1-4H3. The second kappa shape index (κ2) is 9.61. The van der Waals surface area contributed by atoms with Crippen LogP contribution in [0.1, 0.15) is 48.1 Å². The molecule has 216 valence electrons. The molecule has 8 aromatic rings. The van der Waals surface area contributed by atoms with Crippen molar-refractivity contribution >= 4 is 43.5 Å². The predicted molar refractivity (Wildman–Crippen MR) is 189 cm³/mol. The van der Waals surface area contributed by atoms with E-state index in [9.17, 15) is 0 Å². The summed E-state index contributed by atoms with van der Waals surface area (Å²) in [5.74, 6) is 1.33. The van der Waals surface area contributed by atoms with Crippen molar-refractivity contribution in [3.63, 3.8) is 0 Å². The molecule has 9 rings (SSSR count). The Kier molecular flexibility index (Phi) is 5.58. The number of benzene rings is 6. The van der Waals surface area contributed by atoms with Crippen LogP contribution < -0.4 is 0 Å². The van der Waals surface area contributed by atoms with E-state index in [1.54, 1.807) is 0 Å². The number of aryl methyl sites for hydroxylation is 1. The normalized spacial score (nSPS) is 16.0. The molecule has 0 fully saturated rings. The fourth-order valence-electron chi connectivity index (χ4n) is 8.04. The molecular weight excluding hydrogens is 546 g/mol. The van der Waals surface area contributed by atoms with E-state index in [4.69, 9.17) is 9.97 Å². The van der Waals surface area contributed by atoms with Crippen LogP contribution in [-0.4, -0.2) is 14.5 Å². The smallest absolute Gasteiger partial charge is 0.235 e. The summed E-state index contributed by atoms with van der Waals surface area (Å²) in [5, 5.41) is 6.19. The minimum absolute atomic E-state index is 0.302. The zero-order valence-electron chi connectivity index (χ0n) is 26.0. The van der Waals surface area contributed by atoms with Gasteiger partial charge in [0, 0.05) is 16.2 Å². The van der Waals surface area contributed by atoms with Crippen molar-refractivity contribution < 1.29 is 0 Å². The molecule has 0 amide bonds. The van der Waals surface area contributed by atoms with E-state index < -0.39 is 0 Å². The van der Waals surface area contributed by atoms with Crippen LogP contribution in [0.15, 0.2) is 115 Å². The van der Waals surface area contributed by atoms with Crippen LogP contribution in [0.5, 0.6) is 0 Å². The first-order valence-corrected chi connectivity index (χ1v) is 15.9. The first-order chi connectivity index (χ1) is 22.0. The highest BCUT2D eigenvalue weighted by atomic mass is 15.2.